The quantitative estimate of drug-likeness (QED) is 0.0622. The highest BCUT2D eigenvalue weighted by Crippen LogP contribution is 2.63. The van der Waals surface area contributed by atoms with Crippen LogP contribution in [0.15, 0.2) is 49.2 Å². The molecule has 2 atom stereocenters. The Balaban J connectivity index is 1.10. The Morgan fingerprint density at radius 3 is 2.79 bits per heavy atom. The van der Waals surface area contributed by atoms with E-state index in [0.29, 0.717) is 15.8 Å². The number of carbonyl (C=O) groups excluding carboxylic acids is 2. The second kappa shape index (κ2) is 11.3. The number of rotatable bonds is 11. The first-order chi connectivity index (χ1) is 22.3. The number of anilines is 1. The highest BCUT2D eigenvalue weighted by Gasteiger charge is 2.89. The Bertz CT molecular complexity index is 1940. The number of nitrogens with two attached hydrogens (primary N) is 1. The van der Waals surface area contributed by atoms with Gasteiger partial charge in [-0.1, -0.05) is 16.9 Å². The Kier molecular flexibility index (Phi) is 7.58. The van der Waals surface area contributed by atoms with E-state index in [1.165, 1.54) is 65.3 Å². The van der Waals surface area contributed by atoms with E-state index in [0.717, 1.165) is 41.2 Å². The van der Waals surface area contributed by atoms with Crippen molar-refractivity contribution < 1.29 is 38.8 Å². The van der Waals surface area contributed by atoms with Crippen molar-refractivity contribution in [2.45, 2.75) is 60.3 Å². The van der Waals surface area contributed by atoms with Gasteiger partial charge in [0.05, 0.1) is 0 Å². The number of nitrogens with zero attached hydrogens (tertiary/aromatic N) is 5. The van der Waals surface area contributed by atoms with Gasteiger partial charge in [-0.3, -0.25) is 14.5 Å². The van der Waals surface area contributed by atoms with Crippen molar-refractivity contribution in [3.05, 3.63) is 62.3 Å². The van der Waals surface area contributed by atoms with E-state index in [4.69, 9.17) is 15.6 Å². The molecule has 0 radical (unpaired) electrons. The van der Waals surface area contributed by atoms with E-state index >= 15 is 0 Å². The number of hydrogen-bond donors (Lipinski definition) is 5. The molecule has 7 rings (SSSR count). The van der Waals surface area contributed by atoms with Crippen LogP contribution in [0, 0.1) is 0 Å². The molecule has 19 heteroatoms. The molecule has 2 saturated heterocycles. The molecule has 244 valence electrons. The Morgan fingerprint density at radius 1 is 1.26 bits per heavy atom. The molecule has 0 unspecified atom stereocenters. The molecule has 3 aromatic rings. The third-order valence-electron chi connectivity index (χ3n) is 8.12. The largest absolute Gasteiger partial charge is 0.478 e. The van der Waals surface area contributed by atoms with Gasteiger partial charge in [-0.15, -0.1) is 34.4 Å². The number of thiazole rings is 2. The van der Waals surface area contributed by atoms with Crippen LogP contribution >= 0.6 is 46.2 Å². The van der Waals surface area contributed by atoms with Crippen LogP contribution in [0.3, 0.4) is 0 Å². The summed E-state index contributed by atoms with van der Waals surface area (Å²) >= 11 is 4.91. The normalized spacial score (nSPS) is 23.1. The molecular formula is C28H27N8O7S4+. The highest BCUT2D eigenvalue weighted by atomic mass is 32.2. The predicted octanol–water partition coefficient (Wildman–Crippen LogP) is 1.34. The lowest BCUT2D eigenvalue weighted by atomic mass is 10.0. The molecule has 6 N–H and O–H groups in total. The van der Waals surface area contributed by atoms with Gasteiger partial charge in [0.2, 0.25) is 11.3 Å². The van der Waals surface area contributed by atoms with E-state index < -0.39 is 45.7 Å². The summed E-state index contributed by atoms with van der Waals surface area (Å²) in [5, 5.41) is 32.5. The number of carboxylic acid groups (broad SMARTS) is 2. The van der Waals surface area contributed by atoms with Crippen molar-refractivity contribution in [1.29, 1.82) is 0 Å². The van der Waals surface area contributed by atoms with E-state index in [-0.39, 0.29) is 22.3 Å². The number of aromatic nitrogens is 3. The molecular weight excluding hydrogens is 689 g/mol. The fourth-order valence-corrected chi connectivity index (χ4v) is 9.81. The van der Waals surface area contributed by atoms with E-state index in [9.17, 15) is 29.4 Å². The van der Waals surface area contributed by atoms with Crippen LogP contribution in [-0.2, 0) is 43.4 Å². The minimum Gasteiger partial charge on any atom is -0.478 e. The predicted molar refractivity (Wildman–Crippen MR) is 172 cm³/mol. The zero-order valence-electron chi connectivity index (χ0n) is 24.8. The number of pyridine rings is 1. The van der Waals surface area contributed by atoms with Crippen LogP contribution in [0.4, 0.5) is 5.13 Å². The lowest BCUT2D eigenvalue weighted by Crippen LogP contribution is -2.71. The average Bonchev–Trinajstić information content (AvgIpc) is 3.58. The van der Waals surface area contributed by atoms with Crippen LogP contribution in [0.2, 0.25) is 0 Å². The van der Waals surface area contributed by atoms with Gasteiger partial charge in [0.25, 0.3) is 11.8 Å². The van der Waals surface area contributed by atoms with Crippen LogP contribution < -0.4 is 20.9 Å². The smallest absolute Gasteiger partial charge is 0.353 e. The SMILES string of the molecule is CC(C)(O/N=C(\C(=O)N[C@@]12N[C@@]13SCC(Sc1nc(C[n+]4cccc5c4CCC5)cs1)=C(C(=O)O)N3C2=O)c1csc(N)n1)C(=O)O. The number of fused-ring (bicyclic) bond motifs is 1. The Labute approximate surface area is 283 Å². The third kappa shape index (κ3) is 5.16. The number of nitrogen functional groups attached to an aromatic ring is 1. The van der Waals surface area contributed by atoms with Gasteiger partial charge in [0, 0.05) is 39.5 Å². The number of aryl methyl sites for hydroxylation is 1. The monoisotopic (exact) mass is 715 g/mol. The van der Waals surface area contributed by atoms with E-state index in [1.807, 2.05) is 17.6 Å². The molecule has 1 aliphatic carbocycles. The molecule has 0 saturated carbocycles. The molecule has 15 nitrogen and oxygen atoms in total. The number of oxime groups is 1. The topological polar surface area (TPSA) is 223 Å². The first-order valence-electron chi connectivity index (χ1n) is 14.3. The van der Waals surface area contributed by atoms with Crippen LogP contribution in [0.5, 0.6) is 0 Å². The summed E-state index contributed by atoms with van der Waals surface area (Å²) < 4.78 is 2.86. The maximum Gasteiger partial charge on any atom is 0.353 e. The molecule has 6 heterocycles. The fraction of sp³-hybridized carbons (Fsp3) is 0.357. The Hall–Kier alpha value is -4.04. The fourth-order valence-electron chi connectivity index (χ4n) is 5.67. The van der Waals surface area contributed by atoms with E-state index in [1.54, 1.807) is 0 Å². The molecule has 1 spiro atoms. The first-order valence-corrected chi connectivity index (χ1v) is 17.8. The maximum atomic E-state index is 13.6. The summed E-state index contributed by atoms with van der Waals surface area (Å²) in [5.74, 6) is -3.95. The number of aliphatic carboxylic acids is 2. The van der Waals surface area contributed by atoms with Crippen molar-refractivity contribution in [2.24, 2.45) is 5.16 Å². The molecule has 2 amide bonds. The molecule has 2 fully saturated rings. The number of hydrogen-bond acceptors (Lipinski definition) is 14. The standard InChI is InChI=1S/C28H26N8O7S4/c1-26(2,23(41)42)43-33-18(15-11-44-24(29)31-15)20(37)32-27-22(40)36-19(21(38)39)17(12-46-28(27,36)34-27)47-25-30-14(10-45-25)9-35-8-4-6-13-5-3-7-16(13)35/h4,6,8,10-11,34H,3,5,7,9,12H2,1-2H3,(H4-,29,31,32,37,38,39,41,42)/p+1/b33-18-/t27-,28-/m0/s1. The zero-order chi connectivity index (χ0) is 33.3. The lowest BCUT2D eigenvalue weighted by Gasteiger charge is -2.45. The lowest BCUT2D eigenvalue weighted by molar-refractivity contribution is -0.695. The zero-order valence-corrected chi connectivity index (χ0v) is 28.1. The molecule has 0 aromatic carbocycles. The van der Waals surface area contributed by atoms with Gasteiger partial charge in [-0.25, -0.2) is 24.9 Å². The van der Waals surface area contributed by atoms with Gasteiger partial charge in [-0.05, 0) is 32.8 Å². The number of carbonyl (C=O) groups is 4. The van der Waals surface area contributed by atoms with Crippen LogP contribution in [0.1, 0.15) is 42.9 Å². The van der Waals surface area contributed by atoms with Gasteiger partial charge < -0.3 is 26.1 Å². The number of β-lactam (4-membered cyclic amide) rings is 1. The summed E-state index contributed by atoms with van der Waals surface area (Å²) in [6, 6.07) is 4.20. The first kappa shape index (κ1) is 31.6. The minimum absolute atomic E-state index is 0.0138. The second-order valence-electron chi connectivity index (χ2n) is 11.6. The number of carboxylic acids is 2. The van der Waals surface area contributed by atoms with Crippen LogP contribution in [-0.4, -0.2) is 76.6 Å². The Morgan fingerprint density at radius 2 is 2.06 bits per heavy atom. The summed E-state index contributed by atoms with van der Waals surface area (Å²) in [4.78, 5) is 65.5. The molecule has 3 aromatic heterocycles. The van der Waals surface area contributed by atoms with Crippen molar-refractivity contribution in [1.82, 2.24) is 25.5 Å². The van der Waals surface area contributed by atoms with Crippen molar-refractivity contribution >= 4 is 80.8 Å². The number of nitrogens with one attached hydrogen (secondary N) is 2. The summed E-state index contributed by atoms with van der Waals surface area (Å²) in [5.41, 5.74) is 5.30. The van der Waals surface area contributed by atoms with Gasteiger partial charge >= 0.3 is 11.9 Å². The molecule has 47 heavy (non-hydrogen) atoms. The average molecular weight is 716 g/mol. The third-order valence-corrected chi connectivity index (χ3v) is 12.5. The molecule has 0 bridgehead atoms. The molecule has 3 aliphatic heterocycles. The summed E-state index contributed by atoms with van der Waals surface area (Å²) in [6.45, 7) is 3.11. The summed E-state index contributed by atoms with van der Waals surface area (Å²) in [6.07, 6.45) is 5.28. The highest BCUT2D eigenvalue weighted by molar-refractivity contribution is 8.07. The number of thioether (sulfide) groups is 2. The molecule has 4 aliphatic rings. The van der Waals surface area contributed by atoms with Crippen LogP contribution in [0.25, 0.3) is 0 Å². The maximum absolute atomic E-state index is 13.6. The van der Waals surface area contributed by atoms with Gasteiger partial charge in [0.1, 0.15) is 17.1 Å². The van der Waals surface area contributed by atoms with Crippen molar-refractivity contribution in [3.63, 3.8) is 0 Å². The summed E-state index contributed by atoms with van der Waals surface area (Å²) in [7, 11) is 0. The minimum atomic E-state index is -1.78. The van der Waals surface area contributed by atoms with Gasteiger partial charge in [0.15, 0.2) is 38.6 Å². The number of amides is 2. The van der Waals surface area contributed by atoms with Crippen molar-refractivity contribution in [2.75, 3.05) is 11.5 Å². The second-order valence-corrected chi connectivity index (χ2v) is 15.8. The van der Waals surface area contributed by atoms with E-state index in [2.05, 4.69) is 31.4 Å². The van der Waals surface area contributed by atoms with Gasteiger partial charge in [-0.2, -0.15) is 4.57 Å². The van der Waals surface area contributed by atoms with Crippen molar-refractivity contribution in [3.8, 4) is 0 Å².